The molecule has 0 amide bonds. The van der Waals surface area contributed by atoms with Crippen molar-refractivity contribution in [1.82, 2.24) is 0 Å². The minimum absolute atomic E-state index is 0. The molecule has 2 rings (SSSR count). The Morgan fingerprint density at radius 2 is 1.21 bits per heavy atom. The van der Waals surface area contributed by atoms with Gasteiger partial charge in [-0.25, -0.2) is 24.3 Å². The molecule has 2 aliphatic carbocycles. The van der Waals surface area contributed by atoms with Gasteiger partial charge in [0.2, 0.25) is 0 Å². The zero-order valence-corrected chi connectivity index (χ0v) is 16.9. The van der Waals surface area contributed by atoms with E-state index in [0.717, 1.165) is 12.8 Å². The largest absolute Gasteiger partial charge is 4.00 e. The predicted molar refractivity (Wildman–Crippen MR) is 70.8 cm³/mol. The van der Waals surface area contributed by atoms with Crippen LogP contribution in [0.25, 0.3) is 0 Å². The molecule has 0 radical (unpaired) electrons. The smallest absolute Gasteiger partial charge is 1.00 e. The van der Waals surface area contributed by atoms with E-state index in [1.807, 2.05) is 12.2 Å². The minimum Gasteiger partial charge on any atom is -1.00 e. The van der Waals surface area contributed by atoms with Gasteiger partial charge in [0.1, 0.15) is 0 Å². The maximum Gasteiger partial charge on any atom is 4.00 e. The zero-order chi connectivity index (χ0) is 11.6. The molecule has 19 heavy (non-hydrogen) atoms. The molecule has 0 unspecified atom stereocenters. The molecule has 0 saturated carbocycles. The van der Waals surface area contributed by atoms with Crippen molar-refractivity contribution in [3.63, 3.8) is 0 Å². The van der Waals surface area contributed by atoms with Crippen LogP contribution in [0, 0.1) is 12.2 Å². The maximum atomic E-state index is 3.19. The fraction of sp³-hybridized carbons (Fsp3) is 0.500. The second-order valence-corrected chi connectivity index (χ2v) is 4.21. The Kier molecular flexibility index (Phi) is 21.2. The van der Waals surface area contributed by atoms with Crippen LogP contribution in [0.3, 0.4) is 0 Å². The van der Waals surface area contributed by atoms with E-state index in [-0.39, 0.29) is 50.7 Å². The first-order valence-electron chi connectivity index (χ1n) is 6.39. The van der Waals surface area contributed by atoms with E-state index in [2.05, 4.69) is 38.2 Å². The van der Waals surface area contributed by atoms with Gasteiger partial charge >= 0.3 is 25.8 Å². The van der Waals surface area contributed by atoms with E-state index in [4.69, 9.17) is 0 Å². The Labute approximate surface area is 150 Å². The summed E-state index contributed by atoms with van der Waals surface area (Å²) in [7, 11) is 0. The Morgan fingerprint density at radius 1 is 0.842 bits per heavy atom. The van der Waals surface area contributed by atoms with Crippen LogP contribution in [0.5, 0.6) is 0 Å². The molecule has 0 saturated heterocycles. The van der Waals surface area contributed by atoms with E-state index in [9.17, 15) is 0 Å². The van der Waals surface area contributed by atoms with Crippen molar-refractivity contribution >= 4 is 0 Å². The SMILES string of the molecule is CCCC1=[C-]C=CC1.CCCC1=[C-]C=CC1.[Cl-].[Cl-].[Hf+4]. The van der Waals surface area contributed by atoms with Gasteiger partial charge in [-0.15, -0.1) is 0 Å². The van der Waals surface area contributed by atoms with Crippen molar-refractivity contribution < 1.29 is 50.7 Å². The molecular weight excluding hydrogens is 442 g/mol. The predicted octanol–water partition coefficient (Wildman–Crippen LogP) is -1.04. The summed E-state index contributed by atoms with van der Waals surface area (Å²) in [6.45, 7) is 4.40. The maximum absolute atomic E-state index is 3.19. The summed E-state index contributed by atoms with van der Waals surface area (Å²) in [5.74, 6) is 0. The van der Waals surface area contributed by atoms with Crippen molar-refractivity contribution in [2.24, 2.45) is 0 Å². The first-order chi connectivity index (χ1) is 7.86. The summed E-state index contributed by atoms with van der Waals surface area (Å²) < 4.78 is 0. The van der Waals surface area contributed by atoms with Crippen LogP contribution in [-0.4, -0.2) is 0 Å². The third-order valence-corrected chi connectivity index (χ3v) is 2.64. The Morgan fingerprint density at radius 3 is 1.42 bits per heavy atom. The number of halogens is 2. The summed E-state index contributed by atoms with van der Waals surface area (Å²) in [5, 5.41) is 0. The Balaban J connectivity index is -0.000000233. The normalized spacial score (nSPS) is 14.2. The topological polar surface area (TPSA) is 0 Å². The van der Waals surface area contributed by atoms with Crippen LogP contribution in [0.1, 0.15) is 52.4 Å². The van der Waals surface area contributed by atoms with Gasteiger partial charge in [-0.1, -0.05) is 52.4 Å². The molecule has 0 atom stereocenters. The van der Waals surface area contributed by atoms with Gasteiger partial charge in [0.05, 0.1) is 0 Å². The molecule has 0 aromatic heterocycles. The van der Waals surface area contributed by atoms with Gasteiger partial charge in [-0.05, 0) is 0 Å². The second kappa shape index (κ2) is 16.5. The van der Waals surface area contributed by atoms with Crippen molar-refractivity contribution in [3.8, 4) is 0 Å². The molecule has 0 aromatic rings. The van der Waals surface area contributed by atoms with Crippen LogP contribution in [-0.2, 0) is 25.8 Å². The Bertz CT molecular complexity index is 283. The number of hydrogen-bond acceptors (Lipinski definition) is 0. The molecule has 0 spiro atoms. The molecule has 104 valence electrons. The van der Waals surface area contributed by atoms with Gasteiger partial charge in [-0.2, -0.15) is 11.1 Å². The number of allylic oxidation sites excluding steroid dienone is 8. The van der Waals surface area contributed by atoms with Crippen LogP contribution in [0.2, 0.25) is 0 Å². The van der Waals surface area contributed by atoms with E-state index < -0.39 is 0 Å². The van der Waals surface area contributed by atoms with Crippen molar-refractivity contribution in [1.29, 1.82) is 0 Å². The molecule has 3 heteroatoms. The first kappa shape index (κ1) is 24.4. The zero-order valence-electron chi connectivity index (χ0n) is 11.8. The van der Waals surface area contributed by atoms with Crippen molar-refractivity contribution in [3.05, 3.63) is 47.6 Å². The number of rotatable bonds is 4. The van der Waals surface area contributed by atoms with Gasteiger partial charge < -0.3 is 24.8 Å². The van der Waals surface area contributed by atoms with E-state index >= 15 is 0 Å². The molecule has 0 aliphatic heterocycles. The first-order valence-corrected chi connectivity index (χ1v) is 6.39. The third kappa shape index (κ3) is 11.9. The average Bonchev–Trinajstić information content (AvgIpc) is 2.92. The molecule has 0 aromatic carbocycles. The fourth-order valence-corrected chi connectivity index (χ4v) is 1.83. The molecule has 0 heterocycles. The van der Waals surface area contributed by atoms with Gasteiger partial charge in [0.15, 0.2) is 0 Å². The van der Waals surface area contributed by atoms with E-state index in [1.54, 1.807) is 0 Å². The van der Waals surface area contributed by atoms with Gasteiger partial charge in [-0.3, -0.25) is 12.2 Å². The molecule has 0 N–H and O–H groups in total. The average molecular weight is 464 g/mol. The molecular formula is C16H22Cl2Hf. The van der Waals surface area contributed by atoms with Crippen molar-refractivity contribution in [2.75, 3.05) is 0 Å². The molecule has 2 aliphatic rings. The van der Waals surface area contributed by atoms with Gasteiger partial charge in [0, 0.05) is 0 Å². The fourth-order valence-electron chi connectivity index (χ4n) is 1.83. The van der Waals surface area contributed by atoms with Crippen LogP contribution in [0.15, 0.2) is 35.5 Å². The van der Waals surface area contributed by atoms with E-state index in [1.165, 1.54) is 36.8 Å². The standard InChI is InChI=1S/2C8H11.2ClH.Hf/c2*1-2-5-8-6-3-4-7-8;;;/h2*3-4H,2,5-6H2,1H3;2*1H;/q2*-1;;;+4/p-2. The number of hydrogen-bond donors (Lipinski definition) is 0. The molecule has 0 fully saturated rings. The van der Waals surface area contributed by atoms with E-state index in [0.29, 0.717) is 0 Å². The van der Waals surface area contributed by atoms with Crippen LogP contribution in [0.4, 0.5) is 0 Å². The summed E-state index contributed by atoms with van der Waals surface area (Å²) in [4.78, 5) is 0. The summed E-state index contributed by atoms with van der Waals surface area (Å²) in [5.41, 5.74) is 2.93. The molecule has 0 nitrogen and oxygen atoms in total. The van der Waals surface area contributed by atoms with Crippen LogP contribution >= 0.6 is 0 Å². The van der Waals surface area contributed by atoms with Crippen LogP contribution < -0.4 is 24.8 Å². The quantitative estimate of drug-likeness (QED) is 0.369. The second-order valence-electron chi connectivity index (χ2n) is 4.21. The minimum atomic E-state index is 0. The summed E-state index contributed by atoms with van der Waals surface area (Å²) in [6, 6.07) is 0. The molecule has 0 bridgehead atoms. The monoisotopic (exact) mass is 464 g/mol. The summed E-state index contributed by atoms with van der Waals surface area (Å²) in [6.07, 6.45) is 22.0. The third-order valence-electron chi connectivity index (χ3n) is 2.64. The van der Waals surface area contributed by atoms with Crippen molar-refractivity contribution in [2.45, 2.75) is 52.4 Å². The summed E-state index contributed by atoms with van der Waals surface area (Å²) >= 11 is 0. The van der Waals surface area contributed by atoms with Gasteiger partial charge in [0.25, 0.3) is 0 Å². The Hall–Kier alpha value is 0.410.